The van der Waals surface area contributed by atoms with Crippen LogP contribution in [0.25, 0.3) is 21.8 Å². The molecule has 8 heteroatoms. The van der Waals surface area contributed by atoms with Crippen molar-refractivity contribution in [2.45, 2.75) is 16.2 Å². The summed E-state index contributed by atoms with van der Waals surface area (Å²) in [6.07, 6.45) is 0.140. The van der Waals surface area contributed by atoms with Crippen LogP contribution in [0.3, 0.4) is 0 Å². The highest BCUT2D eigenvalue weighted by Gasteiger charge is 2.52. The van der Waals surface area contributed by atoms with Crippen molar-refractivity contribution in [3.05, 3.63) is 59.8 Å². The minimum Gasteiger partial charge on any atom is -0.481 e. The van der Waals surface area contributed by atoms with Gasteiger partial charge in [0.05, 0.1) is 22.9 Å². The van der Waals surface area contributed by atoms with E-state index in [4.69, 9.17) is 10.5 Å². The number of fused-ring (bicyclic) bond motifs is 4. The Morgan fingerprint density at radius 1 is 1.15 bits per heavy atom. The van der Waals surface area contributed by atoms with Gasteiger partial charge in [-0.2, -0.15) is 5.10 Å². The van der Waals surface area contributed by atoms with E-state index >= 15 is 0 Å². The standard InChI is InChI=1S/C19H16N4O3S/c1-26-18-15-12-7-3-4-8-13(12)21-17(16(15)22-23-18)19(20)10-11-6-2-5-9-14(11)27(19,24)25/h2-9H,10,20H2,1H3,(H,22,23). The molecule has 0 amide bonds. The predicted molar refractivity (Wildman–Crippen MR) is 101 cm³/mol. The normalized spacial score (nSPS) is 20.8. The molecule has 0 spiro atoms. The SMILES string of the molecule is COc1[nH]nc2c(C3(N)Cc4ccccc4S3(=O)=O)nc3ccccc3c12. The first kappa shape index (κ1) is 16.2. The second-order valence-electron chi connectivity index (χ2n) is 6.64. The van der Waals surface area contributed by atoms with Gasteiger partial charge in [-0.25, -0.2) is 18.5 Å². The average Bonchev–Trinajstić information content (AvgIpc) is 3.19. The molecule has 7 nitrogen and oxygen atoms in total. The molecule has 0 bridgehead atoms. The Balaban J connectivity index is 1.90. The summed E-state index contributed by atoms with van der Waals surface area (Å²) >= 11 is 0. The number of hydrogen-bond acceptors (Lipinski definition) is 6. The molecule has 2 aromatic heterocycles. The van der Waals surface area contributed by atoms with Crippen LogP contribution >= 0.6 is 0 Å². The maximum Gasteiger partial charge on any atom is 0.217 e. The topological polar surface area (TPSA) is 111 Å². The summed E-state index contributed by atoms with van der Waals surface area (Å²) in [4.78, 5) is 3.19. The first-order chi connectivity index (χ1) is 13.0. The van der Waals surface area contributed by atoms with E-state index in [2.05, 4.69) is 15.2 Å². The lowest BCUT2D eigenvalue weighted by atomic mass is 10.0. The summed E-state index contributed by atoms with van der Waals surface area (Å²) in [5.41, 5.74) is 8.53. The van der Waals surface area contributed by atoms with Gasteiger partial charge in [0.25, 0.3) is 0 Å². The summed E-state index contributed by atoms with van der Waals surface area (Å²) in [5, 5.41) is 8.62. The zero-order chi connectivity index (χ0) is 18.8. The summed E-state index contributed by atoms with van der Waals surface area (Å²) in [6, 6.07) is 14.3. The van der Waals surface area contributed by atoms with E-state index in [9.17, 15) is 8.42 Å². The minimum absolute atomic E-state index is 0.140. The van der Waals surface area contributed by atoms with Crippen LogP contribution in [-0.4, -0.2) is 30.7 Å². The fourth-order valence-electron chi connectivity index (χ4n) is 3.84. The maximum absolute atomic E-state index is 13.3. The summed E-state index contributed by atoms with van der Waals surface area (Å²) in [7, 11) is -2.31. The third-order valence-electron chi connectivity index (χ3n) is 5.16. The number of nitrogens with one attached hydrogen (secondary N) is 1. The van der Waals surface area contributed by atoms with Crippen LogP contribution in [0.5, 0.6) is 5.88 Å². The fourth-order valence-corrected chi connectivity index (χ4v) is 5.72. The lowest BCUT2D eigenvalue weighted by Crippen LogP contribution is -2.43. The van der Waals surface area contributed by atoms with Gasteiger partial charge in [-0.3, -0.25) is 0 Å². The van der Waals surface area contributed by atoms with Gasteiger partial charge in [-0.05, 0) is 17.7 Å². The van der Waals surface area contributed by atoms with E-state index in [1.165, 1.54) is 7.11 Å². The smallest absolute Gasteiger partial charge is 0.217 e. The second kappa shape index (κ2) is 5.28. The van der Waals surface area contributed by atoms with E-state index in [0.717, 1.165) is 5.39 Å². The Hall–Kier alpha value is -2.97. The minimum atomic E-state index is -3.84. The number of nitrogens with two attached hydrogens (primary N) is 1. The molecule has 0 aliphatic carbocycles. The third-order valence-corrected chi connectivity index (χ3v) is 7.44. The fraction of sp³-hybridized carbons (Fsp3) is 0.158. The highest BCUT2D eigenvalue weighted by Crippen LogP contribution is 2.45. The van der Waals surface area contributed by atoms with E-state index in [-0.39, 0.29) is 17.0 Å². The maximum atomic E-state index is 13.3. The van der Waals surface area contributed by atoms with Crippen LogP contribution in [0.2, 0.25) is 0 Å². The van der Waals surface area contributed by atoms with Crippen molar-refractivity contribution in [1.29, 1.82) is 0 Å². The third kappa shape index (κ3) is 1.96. The van der Waals surface area contributed by atoms with E-state index in [1.54, 1.807) is 24.3 Å². The molecule has 1 unspecified atom stereocenters. The zero-order valence-corrected chi connectivity index (χ0v) is 15.2. The van der Waals surface area contributed by atoms with Gasteiger partial charge in [0.1, 0.15) is 11.2 Å². The lowest BCUT2D eigenvalue weighted by molar-refractivity contribution is 0.401. The average molecular weight is 380 g/mol. The van der Waals surface area contributed by atoms with Gasteiger partial charge in [0.2, 0.25) is 15.7 Å². The van der Waals surface area contributed by atoms with Gasteiger partial charge in [0, 0.05) is 11.8 Å². The number of nitrogens with zero attached hydrogens (tertiary/aromatic N) is 2. The molecule has 136 valence electrons. The number of rotatable bonds is 2. The van der Waals surface area contributed by atoms with Crippen molar-refractivity contribution >= 4 is 31.6 Å². The number of aromatic nitrogens is 3. The molecular formula is C19H16N4O3S. The Labute approximate surface area is 155 Å². The first-order valence-electron chi connectivity index (χ1n) is 8.40. The monoisotopic (exact) mass is 380 g/mol. The number of aromatic amines is 1. The largest absolute Gasteiger partial charge is 0.481 e. The van der Waals surface area contributed by atoms with Gasteiger partial charge >= 0.3 is 0 Å². The van der Waals surface area contributed by atoms with Gasteiger partial charge < -0.3 is 10.5 Å². The van der Waals surface area contributed by atoms with E-state index < -0.39 is 14.7 Å². The van der Waals surface area contributed by atoms with Crippen molar-refractivity contribution in [1.82, 2.24) is 15.2 Å². The molecule has 3 N–H and O–H groups in total. The number of benzene rings is 2. The Morgan fingerprint density at radius 3 is 2.67 bits per heavy atom. The molecule has 1 atom stereocenters. The summed E-state index contributed by atoms with van der Waals surface area (Å²) in [5.74, 6) is 0.446. The van der Waals surface area contributed by atoms with Crippen LogP contribution < -0.4 is 10.5 Å². The highest BCUT2D eigenvalue weighted by molar-refractivity contribution is 7.92. The molecule has 5 rings (SSSR count). The van der Waals surface area contributed by atoms with Crippen LogP contribution in [0.15, 0.2) is 53.4 Å². The number of ether oxygens (including phenoxy) is 1. The van der Waals surface area contributed by atoms with E-state index in [1.807, 2.05) is 24.3 Å². The second-order valence-corrected chi connectivity index (χ2v) is 8.81. The molecule has 27 heavy (non-hydrogen) atoms. The van der Waals surface area contributed by atoms with Crippen LogP contribution in [0, 0.1) is 0 Å². The van der Waals surface area contributed by atoms with Crippen molar-refractivity contribution in [3.8, 4) is 5.88 Å². The predicted octanol–water partition coefficient (Wildman–Crippen LogP) is 2.26. The Morgan fingerprint density at radius 2 is 1.89 bits per heavy atom. The van der Waals surface area contributed by atoms with Gasteiger partial charge in [-0.15, -0.1) is 0 Å². The molecule has 3 heterocycles. The molecule has 4 aromatic rings. The van der Waals surface area contributed by atoms with Crippen molar-refractivity contribution < 1.29 is 13.2 Å². The van der Waals surface area contributed by atoms with Crippen LogP contribution in [-0.2, 0) is 21.1 Å². The molecule has 1 aliphatic heterocycles. The number of methoxy groups -OCH3 is 1. The lowest BCUT2D eigenvalue weighted by Gasteiger charge is -2.23. The highest BCUT2D eigenvalue weighted by atomic mass is 32.2. The van der Waals surface area contributed by atoms with Gasteiger partial charge in [-0.1, -0.05) is 36.4 Å². The molecule has 1 aliphatic rings. The summed E-state index contributed by atoms with van der Waals surface area (Å²) < 4.78 is 32.1. The van der Waals surface area contributed by atoms with E-state index in [0.29, 0.717) is 27.9 Å². The molecule has 0 fully saturated rings. The summed E-state index contributed by atoms with van der Waals surface area (Å²) in [6.45, 7) is 0. The van der Waals surface area contributed by atoms with Crippen molar-refractivity contribution in [3.63, 3.8) is 0 Å². The molecule has 0 saturated heterocycles. The first-order valence-corrected chi connectivity index (χ1v) is 9.88. The number of pyridine rings is 1. The van der Waals surface area contributed by atoms with Crippen LogP contribution in [0.4, 0.5) is 0 Å². The van der Waals surface area contributed by atoms with Crippen LogP contribution in [0.1, 0.15) is 11.3 Å². The number of hydrogen-bond donors (Lipinski definition) is 2. The van der Waals surface area contributed by atoms with Gasteiger partial charge in [0.15, 0.2) is 4.87 Å². The number of sulfone groups is 1. The number of para-hydroxylation sites is 1. The zero-order valence-electron chi connectivity index (χ0n) is 14.4. The molecule has 0 saturated carbocycles. The molecule has 2 aromatic carbocycles. The van der Waals surface area contributed by atoms with Crippen molar-refractivity contribution in [2.75, 3.05) is 7.11 Å². The van der Waals surface area contributed by atoms with Crippen molar-refractivity contribution in [2.24, 2.45) is 5.73 Å². The Kier molecular flexibility index (Phi) is 3.17. The number of H-pyrrole nitrogens is 1. The quantitative estimate of drug-likeness (QED) is 0.552. The molecular weight excluding hydrogens is 364 g/mol. The molecule has 0 radical (unpaired) electrons. The Bertz CT molecular complexity index is 1330.